The van der Waals surface area contributed by atoms with E-state index in [-0.39, 0.29) is 5.41 Å². The second-order valence-electron chi connectivity index (χ2n) is 5.97. The van der Waals surface area contributed by atoms with Crippen LogP contribution < -0.4 is 0 Å². The lowest BCUT2D eigenvalue weighted by molar-refractivity contribution is -0.125. The lowest BCUT2D eigenvalue weighted by atomic mass is 9.66. The Labute approximate surface area is 126 Å². The number of hydrogen-bond acceptors (Lipinski definition) is 2. The van der Waals surface area contributed by atoms with Crippen LogP contribution in [0.5, 0.6) is 0 Å². The van der Waals surface area contributed by atoms with Gasteiger partial charge in [0.15, 0.2) is 0 Å². The lowest BCUT2D eigenvalue weighted by Gasteiger charge is -2.36. The first-order chi connectivity index (χ1) is 10.3. The van der Waals surface area contributed by atoms with E-state index in [1.54, 1.807) is 12.4 Å². The summed E-state index contributed by atoms with van der Waals surface area (Å²) < 4.78 is 0. The third kappa shape index (κ3) is 2.90. The van der Waals surface area contributed by atoms with Gasteiger partial charge in [-0.05, 0) is 30.0 Å². The molecule has 0 amide bonds. The second kappa shape index (κ2) is 6.21. The zero-order valence-electron chi connectivity index (χ0n) is 12.3. The van der Waals surface area contributed by atoms with E-state index in [0.29, 0.717) is 12.2 Å². The Balaban J connectivity index is 1.90. The Bertz CT molecular complexity index is 585. The molecule has 108 valence electrons. The van der Waals surface area contributed by atoms with Crippen molar-refractivity contribution in [2.75, 3.05) is 0 Å². The summed E-state index contributed by atoms with van der Waals surface area (Å²) in [5.41, 5.74) is 1.93. The van der Waals surface area contributed by atoms with Crippen molar-refractivity contribution in [1.82, 2.24) is 4.98 Å². The summed E-state index contributed by atoms with van der Waals surface area (Å²) >= 11 is 0. The molecule has 0 aliphatic heterocycles. The highest BCUT2D eigenvalue weighted by Crippen LogP contribution is 2.40. The first kappa shape index (κ1) is 14.0. The molecule has 0 saturated heterocycles. The van der Waals surface area contributed by atoms with E-state index in [1.165, 1.54) is 12.0 Å². The van der Waals surface area contributed by atoms with Gasteiger partial charge in [0.1, 0.15) is 5.78 Å². The number of benzene rings is 1. The van der Waals surface area contributed by atoms with Gasteiger partial charge in [-0.1, -0.05) is 55.7 Å². The van der Waals surface area contributed by atoms with Gasteiger partial charge < -0.3 is 0 Å². The van der Waals surface area contributed by atoms with Crippen molar-refractivity contribution < 1.29 is 4.79 Å². The lowest BCUT2D eigenvalue weighted by Crippen LogP contribution is -2.39. The van der Waals surface area contributed by atoms with Gasteiger partial charge >= 0.3 is 0 Å². The minimum absolute atomic E-state index is 0.282. The van der Waals surface area contributed by atoms with Crippen LogP contribution in [0.25, 0.3) is 0 Å². The maximum absolute atomic E-state index is 13.1. The summed E-state index contributed by atoms with van der Waals surface area (Å²) in [4.78, 5) is 17.2. The van der Waals surface area contributed by atoms with Crippen molar-refractivity contribution in [3.8, 4) is 0 Å². The topological polar surface area (TPSA) is 30.0 Å². The molecule has 21 heavy (non-hydrogen) atoms. The molecule has 1 saturated carbocycles. The largest absolute Gasteiger partial charge is 0.298 e. The summed E-state index contributed by atoms with van der Waals surface area (Å²) in [5, 5.41) is 0. The highest BCUT2D eigenvalue weighted by atomic mass is 16.1. The van der Waals surface area contributed by atoms with Gasteiger partial charge in [0.2, 0.25) is 0 Å². The molecule has 1 aliphatic carbocycles. The van der Waals surface area contributed by atoms with Crippen molar-refractivity contribution >= 4 is 5.78 Å². The molecular formula is C19H21NO. The van der Waals surface area contributed by atoms with Crippen molar-refractivity contribution in [2.24, 2.45) is 0 Å². The van der Waals surface area contributed by atoms with Gasteiger partial charge in [0, 0.05) is 18.8 Å². The third-order valence-corrected chi connectivity index (χ3v) is 4.65. The van der Waals surface area contributed by atoms with Crippen LogP contribution in [0.15, 0.2) is 54.9 Å². The number of carbonyl (C=O) groups is 1. The van der Waals surface area contributed by atoms with Crippen molar-refractivity contribution in [2.45, 2.75) is 43.9 Å². The Hall–Kier alpha value is -1.96. The molecule has 1 aromatic carbocycles. The summed E-state index contributed by atoms with van der Waals surface area (Å²) in [7, 11) is 0. The van der Waals surface area contributed by atoms with Crippen LogP contribution in [0.4, 0.5) is 0 Å². The van der Waals surface area contributed by atoms with Gasteiger partial charge in [-0.3, -0.25) is 9.78 Å². The molecule has 0 N–H and O–H groups in total. The van der Waals surface area contributed by atoms with Crippen LogP contribution in [0.3, 0.4) is 0 Å². The van der Waals surface area contributed by atoms with E-state index >= 15 is 0 Å². The van der Waals surface area contributed by atoms with Crippen LogP contribution >= 0.6 is 0 Å². The van der Waals surface area contributed by atoms with E-state index in [9.17, 15) is 4.79 Å². The number of hydrogen-bond donors (Lipinski definition) is 0. The first-order valence-corrected chi connectivity index (χ1v) is 7.79. The number of aromatic nitrogens is 1. The number of carbonyl (C=O) groups excluding carboxylic acids is 1. The Morgan fingerprint density at radius 2 is 1.76 bits per heavy atom. The second-order valence-corrected chi connectivity index (χ2v) is 5.97. The fourth-order valence-electron chi connectivity index (χ4n) is 3.50. The van der Waals surface area contributed by atoms with Crippen LogP contribution in [0, 0.1) is 0 Å². The number of pyridine rings is 1. The molecule has 1 fully saturated rings. The average Bonchev–Trinajstić information content (AvgIpc) is 2.57. The van der Waals surface area contributed by atoms with Crippen LogP contribution in [0.2, 0.25) is 0 Å². The van der Waals surface area contributed by atoms with Gasteiger partial charge in [-0.25, -0.2) is 0 Å². The number of rotatable bonds is 4. The van der Waals surface area contributed by atoms with Crippen LogP contribution in [-0.2, 0) is 16.6 Å². The zero-order valence-corrected chi connectivity index (χ0v) is 12.3. The number of nitrogens with zero attached hydrogens (tertiary/aromatic N) is 1. The van der Waals surface area contributed by atoms with Crippen LogP contribution in [0.1, 0.15) is 43.2 Å². The predicted molar refractivity (Wildman–Crippen MR) is 84.2 cm³/mol. The molecule has 0 radical (unpaired) electrons. The molecule has 2 nitrogen and oxygen atoms in total. The summed E-state index contributed by atoms with van der Waals surface area (Å²) in [6.07, 6.45) is 9.55. The fourth-order valence-corrected chi connectivity index (χ4v) is 3.50. The third-order valence-electron chi connectivity index (χ3n) is 4.65. The molecule has 0 bridgehead atoms. The van der Waals surface area contributed by atoms with E-state index in [0.717, 1.165) is 31.2 Å². The molecule has 2 aromatic rings. The molecule has 1 aromatic heterocycles. The minimum atomic E-state index is -0.282. The molecule has 2 heteroatoms. The quantitative estimate of drug-likeness (QED) is 0.843. The Kier molecular flexibility index (Phi) is 4.14. The molecule has 1 aliphatic rings. The molecule has 0 spiro atoms. The Morgan fingerprint density at radius 1 is 1.00 bits per heavy atom. The van der Waals surface area contributed by atoms with E-state index in [4.69, 9.17) is 0 Å². The molecular weight excluding hydrogens is 258 g/mol. The van der Waals surface area contributed by atoms with Crippen LogP contribution in [-0.4, -0.2) is 10.8 Å². The molecule has 0 unspecified atom stereocenters. The highest BCUT2D eigenvalue weighted by molar-refractivity contribution is 5.91. The molecule has 0 atom stereocenters. The summed E-state index contributed by atoms with van der Waals surface area (Å²) in [6, 6.07) is 14.2. The van der Waals surface area contributed by atoms with Gasteiger partial charge in [0.25, 0.3) is 0 Å². The maximum Gasteiger partial charge on any atom is 0.147 e. The maximum atomic E-state index is 13.1. The van der Waals surface area contributed by atoms with Gasteiger partial charge in [0.05, 0.1) is 5.41 Å². The fraction of sp³-hybridized carbons (Fsp3) is 0.368. The monoisotopic (exact) mass is 279 g/mol. The normalized spacial score (nSPS) is 17.3. The zero-order chi connectivity index (χ0) is 14.5. The molecule has 3 rings (SSSR count). The minimum Gasteiger partial charge on any atom is -0.298 e. The van der Waals surface area contributed by atoms with E-state index in [2.05, 4.69) is 17.1 Å². The SMILES string of the molecule is O=C(Cc1cccnc1)C1(c2ccccc2)CCCCC1. The molecule has 1 heterocycles. The van der Waals surface area contributed by atoms with Gasteiger partial charge in [-0.15, -0.1) is 0 Å². The van der Waals surface area contributed by atoms with Crippen molar-refractivity contribution in [3.05, 3.63) is 66.0 Å². The van der Waals surface area contributed by atoms with Crippen molar-refractivity contribution in [1.29, 1.82) is 0 Å². The number of Topliss-reactive ketones (excluding diaryl/α,β-unsaturated/α-hetero) is 1. The van der Waals surface area contributed by atoms with E-state index < -0.39 is 0 Å². The first-order valence-electron chi connectivity index (χ1n) is 7.79. The highest BCUT2D eigenvalue weighted by Gasteiger charge is 2.40. The smallest absolute Gasteiger partial charge is 0.147 e. The number of ketones is 1. The standard InChI is InChI=1S/C19H21NO/c21-18(14-16-8-7-13-20-15-16)19(11-5-2-6-12-19)17-9-3-1-4-10-17/h1,3-4,7-10,13,15H,2,5-6,11-12,14H2. The van der Waals surface area contributed by atoms with E-state index in [1.807, 2.05) is 30.3 Å². The Morgan fingerprint density at radius 3 is 2.43 bits per heavy atom. The average molecular weight is 279 g/mol. The summed E-state index contributed by atoms with van der Waals surface area (Å²) in [5.74, 6) is 0.349. The van der Waals surface area contributed by atoms with Gasteiger partial charge in [-0.2, -0.15) is 0 Å². The summed E-state index contributed by atoms with van der Waals surface area (Å²) in [6.45, 7) is 0. The van der Waals surface area contributed by atoms with Crippen molar-refractivity contribution in [3.63, 3.8) is 0 Å². The predicted octanol–water partition coefficient (Wildman–Crippen LogP) is 4.10.